The maximum atomic E-state index is 5.90. The lowest BCUT2D eigenvalue weighted by Crippen LogP contribution is -2.28. The van der Waals surface area contributed by atoms with Crippen molar-refractivity contribution in [1.82, 2.24) is 9.97 Å². The fraction of sp³-hybridized carbons (Fsp3) is 0.667. The number of nitrogen functional groups attached to an aromatic ring is 1. The largest absolute Gasteiger partial charge is 0.383 e. The molecule has 0 atom stereocenters. The standard InChI is InChI=1S/C12H20N4/c1-7(2)11-15-10(13)8(3)12(16-11)14-9-5-4-6-9/h7,9H,4-6H2,1-3H3,(H3,13,14,15,16). The predicted molar refractivity (Wildman–Crippen MR) is 66.5 cm³/mol. The number of nitrogens with zero attached hydrogens (tertiary/aromatic N) is 2. The molecule has 1 aliphatic carbocycles. The van der Waals surface area contributed by atoms with E-state index in [9.17, 15) is 0 Å². The highest BCUT2D eigenvalue weighted by molar-refractivity contribution is 5.55. The van der Waals surface area contributed by atoms with Crippen molar-refractivity contribution >= 4 is 11.6 Å². The van der Waals surface area contributed by atoms with Gasteiger partial charge in [-0.1, -0.05) is 13.8 Å². The van der Waals surface area contributed by atoms with Crippen LogP contribution in [-0.4, -0.2) is 16.0 Å². The summed E-state index contributed by atoms with van der Waals surface area (Å²) in [6, 6.07) is 0.577. The first-order chi connectivity index (χ1) is 7.58. The molecule has 1 aliphatic rings. The summed E-state index contributed by atoms with van der Waals surface area (Å²) in [5.74, 6) is 2.65. The Morgan fingerprint density at radius 3 is 2.50 bits per heavy atom. The smallest absolute Gasteiger partial charge is 0.135 e. The Kier molecular flexibility index (Phi) is 2.99. The van der Waals surface area contributed by atoms with Gasteiger partial charge in [0.15, 0.2) is 0 Å². The van der Waals surface area contributed by atoms with Gasteiger partial charge >= 0.3 is 0 Å². The normalized spacial score (nSPS) is 16.2. The van der Waals surface area contributed by atoms with Gasteiger partial charge in [-0.25, -0.2) is 9.97 Å². The molecule has 0 saturated heterocycles. The molecule has 0 spiro atoms. The second-order valence-corrected chi connectivity index (χ2v) is 4.87. The number of anilines is 2. The zero-order chi connectivity index (χ0) is 11.7. The first kappa shape index (κ1) is 11.2. The van der Waals surface area contributed by atoms with Gasteiger partial charge in [0.2, 0.25) is 0 Å². The molecular formula is C12H20N4. The molecule has 2 rings (SSSR count). The summed E-state index contributed by atoms with van der Waals surface area (Å²) >= 11 is 0. The van der Waals surface area contributed by atoms with Crippen molar-refractivity contribution in [2.75, 3.05) is 11.1 Å². The number of hydrogen-bond donors (Lipinski definition) is 2. The third-order valence-corrected chi connectivity index (χ3v) is 3.16. The van der Waals surface area contributed by atoms with Gasteiger partial charge < -0.3 is 11.1 Å². The first-order valence-electron chi connectivity index (χ1n) is 5.98. The van der Waals surface area contributed by atoms with Gasteiger partial charge in [0.1, 0.15) is 17.5 Å². The van der Waals surface area contributed by atoms with Gasteiger partial charge in [0.25, 0.3) is 0 Å². The molecule has 1 aromatic rings. The van der Waals surface area contributed by atoms with Gasteiger partial charge in [-0.2, -0.15) is 0 Å². The van der Waals surface area contributed by atoms with E-state index in [1.807, 2.05) is 6.92 Å². The molecular weight excluding hydrogens is 200 g/mol. The highest BCUT2D eigenvalue weighted by Gasteiger charge is 2.19. The van der Waals surface area contributed by atoms with Gasteiger partial charge in [-0.15, -0.1) is 0 Å². The Hall–Kier alpha value is -1.32. The number of nitrogens with two attached hydrogens (primary N) is 1. The van der Waals surface area contributed by atoms with Gasteiger partial charge in [-0.3, -0.25) is 0 Å². The van der Waals surface area contributed by atoms with Crippen LogP contribution in [0.4, 0.5) is 11.6 Å². The van der Waals surface area contributed by atoms with E-state index in [0.29, 0.717) is 17.8 Å². The van der Waals surface area contributed by atoms with E-state index in [1.165, 1.54) is 19.3 Å². The minimum atomic E-state index is 0.310. The van der Waals surface area contributed by atoms with Crippen molar-refractivity contribution in [2.45, 2.75) is 52.0 Å². The van der Waals surface area contributed by atoms with E-state index in [2.05, 4.69) is 29.1 Å². The molecule has 0 aromatic carbocycles. The summed E-state index contributed by atoms with van der Waals surface area (Å²) in [5, 5.41) is 3.45. The summed E-state index contributed by atoms with van der Waals surface area (Å²) in [6.45, 7) is 6.13. The van der Waals surface area contributed by atoms with Crippen molar-refractivity contribution in [2.24, 2.45) is 0 Å². The summed E-state index contributed by atoms with van der Waals surface area (Å²) < 4.78 is 0. The quantitative estimate of drug-likeness (QED) is 0.821. The zero-order valence-corrected chi connectivity index (χ0v) is 10.2. The van der Waals surface area contributed by atoms with Crippen LogP contribution in [0.15, 0.2) is 0 Å². The van der Waals surface area contributed by atoms with Crippen LogP contribution in [0, 0.1) is 6.92 Å². The third kappa shape index (κ3) is 2.10. The van der Waals surface area contributed by atoms with Gasteiger partial charge in [-0.05, 0) is 26.2 Å². The van der Waals surface area contributed by atoms with Crippen molar-refractivity contribution in [3.63, 3.8) is 0 Å². The van der Waals surface area contributed by atoms with E-state index >= 15 is 0 Å². The molecule has 1 fully saturated rings. The molecule has 3 N–H and O–H groups in total. The zero-order valence-electron chi connectivity index (χ0n) is 10.2. The lowest BCUT2D eigenvalue weighted by atomic mass is 9.93. The van der Waals surface area contributed by atoms with E-state index in [1.54, 1.807) is 0 Å². The molecule has 88 valence electrons. The molecule has 4 nitrogen and oxygen atoms in total. The van der Waals surface area contributed by atoms with Crippen LogP contribution in [0.3, 0.4) is 0 Å². The van der Waals surface area contributed by atoms with Crippen molar-refractivity contribution in [3.05, 3.63) is 11.4 Å². The average molecular weight is 220 g/mol. The number of hydrogen-bond acceptors (Lipinski definition) is 4. The second kappa shape index (κ2) is 4.28. The van der Waals surface area contributed by atoms with Gasteiger partial charge in [0.05, 0.1) is 0 Å². The molecule has 0 amide bonds. The molecule has 0 radical (unpaired) electrons. The van der Waals surface area contributed by atoms with Crippen LogP contribution in [0.25, 0.3) is 0 Å². The summed E-state index contributed by atoms with van der Waals surface area (Å²) in [7, 11) is 0. The van der Waals surface area contributed by atoms with E-state index in [-0.39, 0.29) is 0 Å². The number of nitrogens with one attached hydrogen (secondary N) is 1. The Balaban J connectivity index is 2.26. The van der Waals surface area contributed by atoms with E-state index < -0.39 is 0 Å². The fourth-order valence-corrected chi connectivity index (χ4v) is 1.70. The number of rotatable bonds is 3. The second-order valence-electron chi connectivity index (χ2n) is 4.87. The maximum absolute atomic E-state index is 5.90. The highest BCUT2D eigenvalue weighted by atomic mass is 15.1. The summed E-state index contributed by atoms with van der Waals surface area (Å²) in [5.41, 5.74) is 6.87. The highest BCUT2D eigenvalue weighted by Crippen LogP contribution is 2.26. The SMILES string of the molecule is Cc1c(N)nc(C(C)C)nc1NC1CCC1. The molecule has 16 heavy (non-hydrogen) atoms. The Labute approximate surface area is 96.7 Å². The molecule has 0 unspecified atom stereocenters. The molecule has 1 saturated carbocycles. The fourth-order valence-electron chi connectivity index (χ4n) is 1.70. The Morgan fingerprint density at radius 1 is 1.31 bits per heavy atom. The maximum Gasteiger partial charge on any atom is 0.135 e. The van der Waals surface area contributed by atoms with Crippen LogP contribution >= 0.6 is 0 Å². The topological polar surface area (TPSA) is 63.8 Å². The molecule has 1 heterocycles. The van der Waals surface area contributed by atoms with E-state index in [0.717, 1.165) is 17.2 Å². The third-order valence-electron chi connectivity index (χ3n) is 3.16. The summed E-state index contributed by atoms with van der Waals surface area (Å²) in [4.78, 5) is 8.86. The lowest BCUT2D eigenvalue weighted by Gasteiger charge is -2.28. The van der Waals surface area contributed by atoms with Crippen LogP contribution in [0.5, 0.6) is 0 Å². The minimum absolute atomic E-state index is 0.310. The average Bonchev–Trinajstić information content (AvgIpc) is 2.17. The van der Waals surface area contributed by atoms with Crippen LogP contribution in [0.1, 0.15) is 50.4 Å². The molecule has 1 aromatic heterocycles. The molecule has 0 bridgehead atoms. The van der Waals surface area contributed by atoms with Gasteiger partial charge in [0, 0.05) is 17.5 Å². The first-order valence-corrected chi connectivity index (χ1v) is 5.98. The van der Waals surface area contributed by atoms with Crippen LogP contribution in [-0.2, 0) is 0 Å². The Bertz CT molecular complexity index is 383. The number of aromatic nitrogens is 2. The Morgan fingerprint density at radius 2 is 2.00 bits per heavy atom. The monoisotopic (exact) mass is 220 g/mol. The van der Waals surface area contributed by atoms with E-state index in [4.69, 9.17) is 5.73 Å². The predicted octanol–water partition coefficient (Wildman–Crippen LogP) is 2.46. The lowest BCUT2D eigenvalue weighted by molar-refractivity contribution is 0.444. The molecule has 4 heteroatoms. The van der Waals surface area contributed by atoms with Crippen molar-refractivity contribution in [1.29, 1.82) is 0 Å². The van der Waals surface area contributed by atoms with Crippen LogP contribution < -0.4 is 11.1 Å². The summed E-state index contributed by atoms with van der Waals surface area (Å²) in [6.07, 6.45) is 3.79. The molecule has 0 aliphatic heterocycles. The van der Waals surface area contributed by atoms with Crippen LogP contribution in [0.2, 0.25) is 0 Å². The minimum Gasteiger partial charge on any atom is -0.383 e. The van der Waals surface area contributed by atoms with Crippen molar-refractivity contribution < 1.29 is 0 Å². The van der Waals surface area contributed by atoms with Crippen molar-refractivity contribution in [3.8, 4) is 0 Å².